The number of carbonyl (C=O) groups is 1. The van der Waals surface area contributed by atoms with Gasteiger partial charge < -0.3 is 15.0 Å². The normalized spacial score (nSPS) is 19.3. The quantitative estimate of drug-likeness (QED) is 0.574. The van der Waals surface area contributed by atoms with Crippen LogP contribution in [0.4, 0.5) is 19.0 Å². The molecule has 2 aromatic rings. The molecule has 0 unspecified atom stereocenters. The first kappa shape index (κ1) is 26.4. The van der Waals surface area contributed by atoms with Crippen molar-refractivity contribution < 1.29 is 22.7 Å². The van der Waals surface area contributed by atoms with E-state index >= 15 is 0 Å². The molecule has 6 nitrogen and oxygen atoms in total. The second-order valence-electron chi connectivity index (χ2n) is 9.84. The predicted octanol–water partition coefficient (Wildman–Crippen LogP) is 4.50. The van der Waals surface area contributed by atoms with Gasteiger partial charge in [-0.3, -0.25) is 9.69 Å². The van der Waals surface area contributed by atoms with Gasteiger partial charge in [0.05, 0.1) is 5.56 Å². The maximum absolute atomic E-state index is 13.1. The number of ether oxygens (including phenoxy) is 1. The van der Waals surface area contributed by atoms with Gasteiger partial charge in [0.15, 0.2) is 0 Å². The van der Waals surface area contributed by atoms with Crippen LogP contribution < -0.4 is 10.2 Å². The van der Waals surface area contributed by atoms with Crippen LogP contribution in [-0.2, 0) is 22.3 Å². The van der Waals surface area contributed by atoms with Crippen molar-refractivity contribution in [2.75, 3.05) is 44.7 Å². The Kier molecular flexibility index (Phi) is 8.51. The van der Waals surface area contributed by atoms with Gasteiger partial charge in [-0.05, 0) is 56.0 Å². The Hall–Kier alpha value is -2.65. The van der Waals surface area contributed by atoms with E-state index < -0.39 is 17.3 Å². The maximum atomic E-state index is 13.1. The molecule has 2 aliphatic heterocycles. The summed E-state index contributed by atoms with van der Waals surface area (Å²) < 4.78 is 44.8. The Morgan fingerprint density at radius 1 is 1.11 bits per heavy atom. The topological polar surface area (TPSA) is 57.7 Å². The Bertz CT molecular complexity index is 986. The number of hydrogen-bond donors (Lipinski definition) is 1. The molecule has 1 aromatic heterocycles. The number of benzene rings is 1. The molecule has 0 saturated carbocycles. The summed E-state index contributed by atoms with van der Waals surface area (Å²) in [5.74, 6) is 0.723. The fourth-order valence-corrected chi connectivity index (χ4v) is 5.21. The second kappa shape index (κ2) is 11.6. The molecule has 2 saturated heterocycles. The van der Waals surface area contributed by atoms with E-state index in [1.807, 2.05) is 6.07 Å². The minimum absolute atomic E-state index is 0.136. The molecule has 1 amide bonds. The molecule has 3 heterocycles. The standard InChI is InChI=1S/C27H35F3N4O2/c1-36-26(11-17-34(18-12-26)24-19-23(8-14-31-24)27(28,29)30)25(35)32-13-7-21-9-15-33(16-10-21)20-22-5-3-2-4-6-22/h2-6,8,14,19,21H,7,9-13,15-18,20H2,1H3,(H,32,35). The molecule has 1 N–H and O–H groups in total. The number of rotatable bonds is 8. The minimum atomic E-state index is -4.41. The van der Waals surface area contributed by atoms with Crippen LogP contribution >= 0.6 is 0 Å². The number of methoxy groups -OCH3 is 1. The maximum Gasteiger partial charge on any atom is 0.416 e. The molecule has 0 aliphatic carbocycles. The van der Waals surface area contributed by atoms with E-state index in [-0.39, 0.29) is 11.7 Å². The van der Waals surface area contributed by atoms with Crippen LogP contribution in [0.1, 0.15) is 43.2 Å². The van der Waals surface area contributed by atoms with Crippen LogP contribution in [0, 0.1) is 5.92 Å². The summed E-state index contributed by atoms with van der Waals surface area (Å²) in [6.45, 7) is 4.51. The molecule has 9 heteroatoms. The second-order valence-corrected chi connectivity index (χ2v) is 9.84. The van der Waals surface area contributed by atoms with Gasteiger partial charge in [-0.2, -0.15) is 13.2 Å². The summed E-state index contributed by atoms with van der Waals surface area (Å²) in [6.07, 6.45) is 0.729. The highest BCUT2D eigenvalue weighted by Crippen LogP contribution is 2.33. The lowest BCUT2D eigenvalue weighted by molar-refractivity contribution is -0.146. The van der Waals surface area contributed by atoms with Crippen LogP contribution in [0.5, 0.6) is 0 Å². The highest BCUT2D eigenvalue weighted by Gasteiger charge is 2.42. The SMILES string of the molecule is COC1(C(=O)NCCC2CCN(Cc3ccccc3)CC2)CCN(c2cc(C(F)(F)F)ccn2)CC1. The molecule has 0 radical (unpaired) electrons. The lowest BCUT2D eigenvalue weighted by Crippen LogP contribution is -2.55. The third-order valence-electron chi connectivity index (χ3n) is 7.57. The van der Waals surface area contributed by atoms with Crippen molar-refractivity contribution in [1.82, 2.24) is 15.2 Å². The summed E-state index contributed by atoms with van der Waals surface area (Å²) in [7, 11) is 1.53. The average Bonchev–Trinajstić information content (AvgIpc) is 2.90. The molecule has 0 atom stereocenters. The third kappa shape index (κ3) is 6.56. The van der Waals surface area contributed by atoms with E-state index in [0.29, 0.717) is 38.4 Å². The smallest absolute Gasteiger partial charge is 0.368 e. The Labute approximate surface area is 210 Å². The van der Waals surface area contributed by atoms with Crippen molar-refractivity contribution in [3.63, 3.8) is 0 Å². The van der Waals surface area contributed by atoms with Crippen molar-refractivity contribution in [1.29, 1.82) is 0 Å². The van der Waals surface area contributed by atoms with Gasteiger partial charge >= 0.3 is 6.18 Å². The fraction of sp³-hybridized carbons (Fsp3) is 0.556. The number of nitrogens with one attached hydrogen (secondary N) is 1. The monoisotopic (exact) mass is 504 g/mol. The van der Waals surface area contributed by atoms with Crippen LogP contribution in [0.3, 0.4) is 0 Å². The van der Waals surface area contributed by atoms with Crippen molar-refractivity contribution in [3.8, 4) is 0 Å². The Morgan fingerprint density at radius 2 is 1.81 bits per heavy atom. The number of halogens is 3. The number of anilines is 1. The van der Waals surface area contributed by atoms with Gasteiger partial charge in [0.25, 0.3) is 5.91 Å². The number of hydrogen-bond acceptors (Lipinski definition) is 5. The van der Waals surface area contributed by atoms with E-state index in [1.165, 1.54) is 18.9 Å². The largest absolute Gasteiger partial charge is 0.416 e. The number of likely N-dealkylation sites (tertiary alicyclic amines) is 1. The van der Waals surface area contributed by atoms with Crippen LogP contribution in [0.2, 0.25) is 0 Å². The van der Waals surface area contributed by atoms with Crippen LogP contribution in [0.25, 0.3) is 0 Å². The third-order valence-corrected chi connectivity index (χ3v) is 7.57. The number of amides is 1. The van der Waals surface area contributed by atoms with E-state index in [9.17, 15) is 18.0 Å². The summed E-state index contributed by atoms with van der Waals surface area (Å²) in [6, 6.07) is 12.5. The molecule has 0 bridgehead atoms. The van der Waals surface area contributed by atoms with Gasteiger partial charge in [-0.15, -0.1) is 0 Å². The van der Waals surface area contributed by atoms with E-state index in [2.05, 4.69) is 39.5 Å². The van der Waals surface area contributed by atoms with Gasteiger partial charge in [0.2, 0.25) is 0 Å². The van der Waals surface area contributed by atoms with E-state index in [4.69, 9.17) is 4.74 Å². The zero-order chi connectivity index (χ0) is 25.6. The first-order valence-corrected chi connectivity index (χ1v) is 12.7. The predicted molar refractivity (Wildman–Crippen MR) is 132 cm³/mol. The first-order chi connectivity index (χ1) is 17.3. The lowest BCUT2D eigenvalue weighted by Gasteiger charge is -2.40. The Balaban J connectivity index is 1.21. The number of nitrogens with zero attached hydrogens (tertiary/aromatic N) is 3. The molecular formula is C27H35F3N4O2. The van der Waals surface area contributed by atoms with Crippen molar-refractivity contribution in [3.05, 3.63) is 59.8 Å². The Morgan fingerprint density at radius 3 is 2.44 bits per heavy atom. The number of carbonyl (C=O) groups excluding carboxylic acids is 1. The summed E-state index contributed by atoms with van der Waals surface area (Å²) in [5, 5.41) is 3.07. The van der Waals surface area contributed by atoms with Crippen molar-refractivity contribution in [2.45, 2.75) is 50.4 Å². The molecule has 2 aliphatic rings. The van der Waals surface area contributed by atoms with E-state index in [1.54, 1.807) is 4.90 Å². The van der Waals surface area contributed by atoms with Crippen LogP contribution in [-0.4, -0.2) is 61.2 Å². The molecule has 0 spiro atoms. The van der Waals surface area contributed by atoms with Gasteiger partial charge in [0.1, 0.15) is 11.4 Å². The number of aromatic nitrogens is 1. The molecule has 1 aromatic carbocycles. The van der Waals surface area contributed by atoms with Gasteiger partial charge in [0, 0.05) is 52.3 Å². The van der Waals surface area contributed by atoms with Gasteiger partial charge in [-0.1, -0.05) is 30.3 Å². The minimum Gasteiger partial charge on any atom is -0.368 e. The number of piperidine rings is 2. The summed E-state index contributed by atoms with van der Waals surface area (Å²) >= 11 is 0. The van der Waals surface area contributed by atoms with Crippen molar-refractivity contribution in [2.24, 2.45) is 5.92 Å². The highest BCUT2D eigenvalue weighted by atomic mass is 19.4. The van der Waals surface area contributed by atoms with E-state index in [0.717, 1.165) is 51.0 Å². The highest BCUT2D eigenvalue weighted by molar-refractivity contribution is 5.85. The molecule has 2 fully saturated rings. The zero-order valence-corrected chi connectivity index (χ0v) is 20.8. The fourth-order valence-electron chi connectivity index (χ4n) is 5.21. The lowest BCUT2D eigenvalue weighted by atomic mass is 9.89. The van der Waals surface area contributed by atoms with Crippen LogP contribution in [0.15, 0.2) is 48.7 Å². The number of alkyl halides is 3. The van der Waals surface area contributed by atoms with Crippen molar-refractivity contribution >= 4 is 11.7 Å². The average molecular weight is 505 g/mol. The summed E-state index contributed by atoms with van der Waals surface area (Å²) in [5.41, 5.74) is -0.348. The summed E-state index contributed by atoms with van der Waals surface area (Å²) in [4.78, 5) is 21.4. The molecule has 36 heavy (non-hydrogen) atoms. The molecule has 196 valence electrons. The number of pyridine rings is 1. The zero-order valence-electron chi connectivity index (χ0n) is 20.8. The molecule has 4 rings (SSSR count). The van der Waals surface area contributed by atoms with Gasteiger partial charge in [-0.25, -0.2) is 4.98 Å². The molecular weight excluding hydrogens is 469 g/mol. The first-order valence-electron chi connectivity index (χ1n) is 12.7.